The van der Waals surface area contributed by atoms with Gasteiger partial charge in [0, 0.05) is 25.2 Å². The fraction of sp³-hybridized carbons (Fsp3) is 0.588. The Kier molecular flexibility index (Phi) is 5.36. The van der Waals surface area contributed by atoms with E-state index in [1.807, 2.05) is 39.0 Å². The molecule has 1 atom stereocenters. The Morgan fingerprint density at radius 2 is 2.00 bits per heavy atom. The highest BCUT2D eigenvalue weighted by atomic mass is 16.6. The van der Waals surface area contributed by atoms with Crippen LogP contribution >= 0.6 is 0 Å². The van der Waals surface area contributed by atoms with E-state index in [9.17, 15) is 4.79 Å². The lowest BCUT2D eigenvalue weighted by Gasteiger charge is -2.37. The number of benzene rings is 1. The molecule has 0 radical (unpaired) electrons. The zero-order chi connectivity index (χ0) is 17.0. The van der Waals surface area contributed by atoms with Gasteiger partial charge in [0.25, 0.3) is 0 Å². The predicted molar refractivity (Wildman–Crippen MR) is 88.1 cm³/mol. The van der Waals surface area contributed by atoms with Crippen molar-refractivity contribution >= 4 is 6.09 Å². The van der Waals surface area contributed by atoms with Crippen molar-refractivity contribution in [2.24, 2.45) is 0 Å². The first-order valence-corrected chi connectivity index (χ1v) is 7.78. The zero-order valence-electron chi connectivity index (χ0n) is 14.5. The molecule has 0 spiro atoms. The van der Waals surface area contributed by atoms with Crippen molar-refractivity contribution in [3.8, 4) is 11.5 Å². The quantitative estimate of drug-likeness (QED) is 0.927. The lowest BCUT2D eigenvalue weighted by Crippen LogP contribution is -2.50. The lowest BCUT2D eigenvalue weighted by atomic mass is 10.0. The summed E-state index contributed by atoms with van der Waals surface area (Å²) >= 11 is 0. The fourth-order valence-corrected chi connectivity index (χ4v) is 2.62. The van der Waals surface area contributed by atoms with Crippen LogP contribution in [-0.2, 0) is 4.74 Å². The van der Waals surface area contributed by atoms with E-state index in [2.05, 4.69) is 5.32 Å². The first-order chi connectivity index (χ1) is 10.9. The van der Waals surface area contributed by atoms with E-state index in [1.165, 1.54) is 0 Å². The van der Waals surface area contributed by atoms with Crippen molar-refractivity contribution in [1.82, 2.24) is 10.2 Å². The van der Waals surface area contributed by atoms with Crippen LogP contribution in [0.1, 0.15) is 32.4 Å². The fourth-order valence-electron chi connectivity index (χ4n) is 2.62. The maximum absolute atomic E-state index is 12.6. The van der Waals surface area contributed by atoms with Gasteiger partial charge in [-0.15, -0.1) is 0 Å². The molecule has 128 valence electrons. The van der Waals surface area contributed by atoms with Gasteiger partial charge in [0.2, 0.25) is 0 Å². The number of carbonyl (C=O) groups is 1. The Morgan fingerprint density at radius 1 is 1.26 bits per heavy atom. The van der Waals surface area contributed by atoms with Gasteiger partial charge in [-0.25, -0.2) is 4.79 Å². The van der Waals surface area contributed by atoms with Crippen molar-refractivity contribution in [2.75, 3.05) is 33.9 Å². The first kappa shape index (κ1) is 17.4. The monoisotopic (exact) mass is 322 g/mol. The number of ether oxygens (including phenoxy) is 3. The van der Waals surface area contributed by atoms with E-state index in [-0.39, 0.29) is 12.1 Å². The van der Waals surface area contributed by atoms with Gasteiger partial charge in [-0.1, -0.05) is 0 Å². The van der Waals surface area contributed by atoms with Gasteiger partial charge >= 0.3 is 6.09 Å². The molecule has 2 rings (SSSR count). The third-order valence-electron chi connectivity index (χ3n) is 3.67. The summed E-state index contributed by atoms with van der Waals surface area (Å²) < 4.78 is 16.3. The molecular weight excluding hydrogens is 296 g/mol. The topological polar surface area (TPSA) is 60.0 Å². The highest BCUT2D eigenvalue weighted by Gasteiger charge is 2.33. The number of nitrogens with zero attached hydrogens (tertiary/aromatic N) is 1. The molecule has 6 heteroatoms. The highest BCUT2D eigenvalue weighted by molar-refractivity contribution is 5.69. The Labute approximate surface area is 137 Å². The van der Waals surface area contributed by atoms with Gasteiger partial charge in [-0.05, 0) is 39.0 Å². The van der Waals surface area contributed by atoms with Crippen molar-refractivity contribution in [3.05, 3.63) is 23.8 Å². The summed E-state index contributed by atoms with van der Waals surface area (Å²) in [6.45, 7) is 7.57. The minimum absolute atomic E-state index is 0.163. The summed E-state index contributed by atoms with van der Waals surface area (Å²) in [7, 11) is 3.25. The van der Waals surface area contributed by atoms with Crippen molar-refractivity contribution in [2.45, 2.75) is 32.4 Å². The molecule has 0 unspecified atom stereocenters. The second-order valence-corrected chi connectivity index (χ2v) is 6.50. The predicted octanol–water partition coefficient (Wildman–Crippen LogP) is 2.59. The van der Waals surface area contributed by atoms with Crippen LogP contribution in [0.3, 0.4) is 0 Å². The first-order valence-electron chi connectivity index (χ1n) is 7.78. The van der Waals surface area contributed by atoms with Gasteiger partial charge in [-0.3, -0.25) is 4.90 Å². The smallest absolute Gasteiger partial charge is 0.410 e. The van der Waals surface area contributed by atoms with Crippen LogP contribution in [0.2, 0.25) is 0 Å². The van der Waals surface area contributed by atoms with E-state index in [0.717, 1.165) is 23.6 Å². The normalized spacial score (nSPS) is 18.5. The van der Waals surface area contributed by atoms with Gasteiger partial charge in [0.05, 0.1) is 20.3 Å². The number of piperazine rings is 1. The van der Waals surface area contributed by atoms with E-state index in [4.69, 9.17) is 14.2 Å². The summed E-state index contributed by atoms with van der Waals surface area (Å²) in [6.07, 6.45) is -0.311. The molecule has 1 aliphatic rings. The molecule has 0 aromatic heterocycles. The van der Waals surface area contributed by atoms with Crippen molar-refractivity contribution < 1.29 is 19.0 Å². The lowest BCUT2D eigenvalue weighted by molar-refractivity contribution is 0.0115. The number of methoxy groups -OCH3 is 2. The standard InChI is InChI=1S/C17H26N2O4/c1-17(2,3)23-16(20)19-9-8-18-11-14(19)13-10-12(21-4)6-7-15(13)22-5/h6-7,10,14,18H,8-9,11H2,1-5H3/t14-/m1/s1. The van der Waals surface area contributed by atoms with Crippen LogP contribution < -0.4 is 14.8 Å². The Bertz CT molecular complexity index is 554. The second kappa shape index (κ2) is 7.08. The van der Waals surface area contributed by atoms with E-state index < -0.39 is 5.60 Å². The molecule has 23 heavy (non-hydrogen) atoms. The van der Waals surface area contributed by atoms with E-state index >= 15 is 0 Å². The molecule has 1 fully saturated rings. The Balaban J connectivity index is 2.32. The van der Waals surface area contributed by atoms with Gasteiger partial charge < -0.3 is 19.5 Å². The van der Waals surface area contributed by atoms with Gasteiger partial charge in [0.15, 0.2) is 0 Å². The van der Waals surface area contributed by atoms with Crippen LogP contribution in [0.15, 0.2) is 18.2 Å². The molecular formula is C17H26N2O4. The minimum atomic E-state index is -0.523. The Hall–Kier alpha value is -1.95. The summed E-state index contributed by atoms with van der Waals surface area (Å²) in [4.78, 5) is 14.3. The third kappa shape index (κ3) is 4.28. The number of hydrogen-bond acceptors (Lipinski definition) is 5. The molecule has 1 aliphatic heterocycles. The average Bonchev–Trinajstić information content (AvgIpc) is 2.52. The number of rotatable bonds is 3. The maximum Gasteiger partial charge on any atom is 0.410 e. The van der Waals surface area contributed by atoms with Crippen molar-refractivity contribution in [1.29, 1.82) is 0 Å². The SMILES string of the molecule is COc1ccc(OC)c([C@H]2CNCCN2C(=O)OC(C)(C)C)c1. The van der Waals surface area contributed by atoms with Crippen LogP contribution in [0.5, 0.6) is 11.5 Å². The number of carbonyl (C=O) groups excluding carboxylic acids is 1. The van der Waals surface area contributed by atoms with Gasteiger partial charge in [-0.2, -0.15) is 0 Å². The number of hydrogen-bond donors (Lipinski definition) is 1. The molecule has 0 saturated carbocycles. The second-order valence-electron chi connectivity index (χ2n) is 6.50. The molecule has 1 heterocycles. The largest absolute Gasteiger partial charge is 0.497 e. The van der Waals surface area contributed by atoms with Crippen LogP contribution in [-0.4, -0.2) is 50.4 Å². The van der Waals surface area contributed by atoms with Crippen LogP contribution in [0.25, 0.3) is 0 Å². The molecule has 1 aromatic carbocycles. The average molecular weight is 322 g/mol. The Morgan fingerprint density at radius 3 is 2.61 bits per heavy atom. The number of amides is 1. The van der Waals surface area contributed by atoms with Crippen LogP contribution in [0, 0.1) is 0 Å². The van der Waals surface area contributed by atoms with Crippen molar-refractivity contribution in [3.63, 3.8) is 0 Å². The van der Waals surface area contributed by atoms with Gasteiger partial charge in [0.1, 0.15) is 17.1 Å². The highest BCUT2D eigenvalue weighted by Crippen LogP contribution is 2.34. The molecule has 6 nitrogen and oxygen atoms in total. The molecule has 0 bridgehead atoms. The summed E-state index contributed by atoms with van der Waals surface area (Å²) in [5, 5.41) is 3.32. The number of nitrogens with one attached hydrogen (secondary N) is 1. The summed E-state index contributed by atoms with van der Waals surface area (Å²) in [5.74, 6) is 1.46. The van der Waals surface area contributed by atoms with E-state index in [0.29, 0.717) is 13.1 Å². The molecule has 0 aliphatic carbocycles. The molecule has 1 N–H and O–H groups in total. The third-order valence-corrected chi connectivity index (χ3v) is 3.67. The zero-order valence-corrected chi connectivity index (χ0v) is 14.5. The van der Waals surface area contributed by atoms with E-state index in [1.54, 1.807) is 19.1 Å². The summed E-state index contributed by atoms with van der Waals surface area (Å²) in [5.41, 5.74) is 0.384. The minimum Gasteiger partial charge on any atom is -0.497 e. The summed E-state index contributed by atoms with van der Waals surface area (Å²) in [6, 6.07) is 5.45. The maximum atomic E-state index is 12.6. The molecule has 1 aromatic rings. The van der Waals surface area contributed by atoms with Crippen LogP contribution in [0.4, 0.5) is 4.79 Å². The molecule has 1 saturated heterocycles. The molecule has 1 amide bonds.